The molecule has 51 heavy (non-hydrogen) atoms. The largest absolute Gasteiger partial charge is 0.445 e. The first-order valence-electron chi connectivity index (χ1n) is 18.3. The van der Waals surface area contributed by atoms with Crippen molar-refractivity contribution in [2.75, 3.05) is 26.4 Å². The van der Waals surface area contributed by atoms with E-state index < -0.39 is 61.0 Å². The summed E-state index contributed by atoms with van der Waals surface area (Å²) in [5.41, 5.74) is 0.827. The molecule has 0 spiro atoms. The smallest absolute Gasteiger partial charge is 0.410 e. The van der Waals surface area contributed by atoms with Crippen LogP contribution < -0.4 is 21.3 Å². The number of likely N-dealkylation sites (N-methyl/N-ethyl adjacent to an activating group) is 1. The lowest BCUT2D eigenvalue weighted by Gasteiger charge is -2.31. The van der Waals surface area contributed by atoms with Gasteiger partial charge in [0.05, 0.1) is 6.61 Å². The van der Waals surface area contributed by atoms with E-state index in [4.69, 9.17) is 9.26 Å². The molecule has 1 aliphatic heterocycles. The van der Waals surface area contributed by atoms with Crippen LogP contribution in [0.1, 0.15) is 93.1 Å². The van der Waals surface area contributed by atoms with Gasteiger partial charge in [-0.2, -0.15) is 0 Å². The molecule has 1 aliphatic rings. The third kappa shape index (κ3) is 14.2. The molecule has 2 rings (SSSR count). The summed E-state index contributed by atoms with van der Waals surface area (Å²) >= 11 is 0. The summed E-state index contributed by atoms with van der Waals surface area (Å²) in [6.07, 6.45) is 1.42. The normalized spacial score (nSPS) is 18.0. The summed E-state index contributed by atoms with van der Waals surface area (Å²) in [4.78, 5) is 67.9. The molecule has 0 radical (unpaired) electrons. The summed E-state index contributed by atoms with van der Waals surface area (Å²) in [6.45, 7) is 15.5. The quantitative estimate of drug-likeness (QED) is 0.135. The molecule has 1 aromatic carbocycles. The Morgan fingerprint density at radius 3 is 1.96 bits per heavy atom. The molecule has 0 bridgehead atoms. The summed E-state index contributed by atoms with van der Waals surface area (Å²) in [5, 5.41) is 11.1. The lowest BCUT2D eigenvalue weighted by Crippen LogP contribution is -2.54. The zero-order valence-corrected chi connectivity index (χ0v) is 32.9. The van der Waals surface area contributed by atoms with Crippen molar-refractivity contribution >= 4 is 37.1 Å². The number of hydrogen-bond acceptors (Lipinski definition) is 8. The maximum Gasteiger partial charge on any atom is 0.410 e. The third-order valence-corrected chi connectivity index (χ3v) is 11.8. The van der Waals surface area contributed by atoms with E-state index in [1.807, 2.05) is 71.9 Å². The predicted octanol–water partition coefficient (Wildman–Crippen LogP) is 5.03. The van der Waals surface area contributed by atoms with Gasteiger partial charge in [-0.1, -0.05) is 71.9 Å². The van der Waals surface area contributed by atoms with E-state index in [0.717, 1.165) is 5.56 Å². The zero-order valence-electron chi connectivity index (χ0n) is 32.0. The molecule has 14 heteroatoms. The molecule has 0 aromatic heterocycles. The topological polar surface area (TPSA) is 172 Å². The van der Waals surface area contributed by atoms with Crippen molar-refractivity contribution in [1.82, 2.24) is 26.2 Å². The van der Waals surface area contributed by atoms with Gasteiger partial charge in [0.25, 0.3) is 0 Å². The van der Waals surface area contributed by atoms with E-state index in [-0.39, 0.29) is 43.0 Å². The van der Waals surface area contributed by atoms with Gasteiger partial charge in [0.15, 0.2) is 0 Å². The Kier molecular flexibility index (Phi) is 18.2. The number of benzene rings is 1. The SMILES string of the molecule is CCOP(=O)(C[C@@H](CC(C)C)C(=O)N[C@@H](CC(C)C)C(=O)NC)[C@H](C)NC(=O)[C@@H](CC(C)C)NC(=O)[C@@H]1CCCN1C(=O)OCc1ccccc1. The van der Waals surface area contributed by atoms with Crippen molar-refractivity contribution in [3.8, 4) is 0 Å². The first-order valence-corrected chi connectivity index (χ1v) is 20.2. The molecule has 0 saturated carbocycles. The molecule has 0 aliphatic carbocycles. The van der Waals surface area contributed by atoms with Crippen molar-refractivity contribution in [1.29, 1.82) is 0 Å². The monoisotopic (exact) mass is 735 g/mol. The molecule has 1 heterocycles. The molecule has 1 unspecified atom stereocenters. The summed E-state index contributed by atoms with van der Waals surface area (Å²) in [5.74, 6) is -3.22. The molecule has 1 aromatic rings. The van der Waals surface area contributed by atoms with Crippen LogP contribution in [0.5, 0.6) is 0 Å². The standard InChI is InChI=1S/C37H62N5O8P/c1-10-50-51(48,23-29(19-24(2)3)33(43)40-30(20-25(4)5)34(44)38-9)27(8)39-35(45)31(21-26(6)7)41-36(46)32-17-14-18-42(32)37(47)49-22-28-15-12-11-13-16-28/h11-13,15-16,24-27,29-32H,10,14,17-23H2,1-9H3,(H,38,44)(H,39,45)(H,40,43)(H,41,46)/t27-,29-,30+,31-,32+,51?/m1/s1. The van der Waals surface area contributed by atoms with Gasteiger partial charge < -0.3 is 30.5 Å². The highest BCUT2D eigenvalue weighted by Crippen LogP contribution is 2.53. The molecular formula is C37H62N5O8P. The first-order chi connectivity index (χ1) is 24.0. The Bertz CT molecular complexity index is 1340. The third-order valence-electron chi connectivity index (χ3n) is 8.81. The minimum atomic E-state index is -3.69. The number of carbonyl (C=O) groups is 5. The van der Waals surface area contributed by atoms with Crippen molar-refractivity contribution in [3.63, 3.8) is 0 Å². The fraction of sp³-hybridized carbons (Fsp3) is 0.703. The summed E-state index contributed by atoms with van der Waals surface area (Å²) < 4.78 is 25.8. The van der Waals surface area contributed by atoms with Gasteiger partial charge in [-0.3, -0.25) is 28.6 Å². The van der Waals surface area contributed by atoms with E-state index in [0.29, 0.717) is 38.6 Å². The molecule has 1 fully saturated rings. The summed E-state index contributed by atoms with van der Waals surface area (Å²) in [7, 11) is -2.18. The number of hydrogen-bond donors (Lipinski definition) is 4. The first kappa shape index (κ1) is 43.7. The maximum absolute atomic E-state index is 14.5. The van der Waals surface area contributed by atoms with Crippen LogP contribution in [0.2, 0.25) is 0 Å². The van der Waals surface area contributed by atoms with Gasteiger partial charge in [0.2, 0.25) is 31.0 Å². The molecular weight excluding hydrogens is 673 g/mol. The van der Waals surface area contributed by atoms with E-state index in [1.165, 1.54) is 11.9 Å². The van der Waals surface area contributed by atoms with Crippen molar-refractivity contribution in [2.24, 2.45) is 23.7 Å². The van der Waals surface area contributed by atoms with Crippen molar-refractivity contribution < 1.29 is 37.8 Å². The fourth-order valence-electron chi connectivity index (χ4n) is 6.28. The van der Waals surface area contributed by atoms with Crippen LogP contribution in [0.25, 0.3) is 0 Å². The fourth-order valence-corrected chi connectivity index (χ4v) is 8.62. The number of carbonyl (C=O) groups excluding carboxylic acids is 5. The molecule has 5 amide bonds. The van der Waals surface area contributed by atoms with Crippen LogP contribution in [-0.4, -0.2) is 84.9 Å². The lowest BCUT2D eigenvalue weighted by molar-refractivity contribution is -0.131. The van der Waals surface area contributed by atoms with Gasteiger partial charge in [-0.15, -0.1) is 0 Å². The Hall–Kier alpha value is -3.44. The predicted molar refractivity (Wildman–Crippen MR) is 198 cm³/mol. The Morgan fingerprint density at radius 1 is 0.824 bits per heavy atom. The Labute approximate surface area is 304 Å². The average Bonchev–Trinajstić information content (AvgIpc) is 3.56. The highest BCUT2D eigenvalue weighted by atomic mass is 31.2. The minimum absolute atomic E-state index is 0.0174. The maximum atomic E-state index is 14.5. The number of likely N-dealkylation sites (tertiary alicyclic amines) is 1. The second-order valence-electron chi connectivity index (χ2n) is 14.7. The van der Waals surface area contributed by atoms with Crippen LogP contribution in [0.4, 0.5) is 4.79 Å². The van der Waals surface area contributed by atoms with Crippen LogP contribution in [0.3, 0.4) is 0 Å². The number of nitrogens with one attached hydrogen (secondary N) is 4. The van der Waals surface area contributed by atoms with Crippen molar-refractivity contribution in [2.45, 2.75) is 118 Å². The van der Waals surface area contributed by atoms with Crippen LogP contribution in [0, 0.1) is 23.7 Å². The molecule has 1 saturated heterocycles. The average molecular weight is 736 g/mol. The van der Waals surface area contributed by atoms with Crippen LogP contribution in [-0.2, 0) is 39.6 Å². The van der Waals surface area contributed by atoms with E-state index in [1.54, 1.807) is 13.8 Å². The summed E-state index contributed by atoms with van der Waals surface area (Å²) in [6, 6.07) is 6.74. The molecule has 4 N–H and O–H groups in total. The second-order valence-corrected chi connectivity index (χ2v) is 17.6. The van der Waals surface area contributed by atoms with E-state index >= 15 is 0 Å². The zero-order chi connectivity index (χ0) is 38.3. The number of rotatable bonds is 20. The Balaban J connectivity index is 2.20. The van der Waals surface area contributed by atoms with Gasteiger partial charge in [-0.05, 0) is 69.3 Å². The highest BCUT2D eigenvalue weighted by molar-refractivity contribution is 7.59. The van der Waals surface area contributed by atoms with E-state index in [2.05, 4.69) is 21.3 Å². The number of amides is 5. The number of ether oxygens (including phenoxy) is 1. The van der Waals surface area contributed by atoms with Gasteiger partial charge in [0, 0.05) is 25.7 Å². The Morgan fingerprint density at radius 2 is 1.41 bits per heavy atom. The highest BCUT2D eigenvalue weighted by Gasteiger charge is 2.41. The molecule has 13 nitrogen and oxygen atoms in total. The van der Waals surface area contributed by atoms with Gasteiger partial charge in [0.1, 0.15) is 30.5 Å². The van der Waals surface area contributed by atoms with E-state index in [9.17, 15) is 28.5 Å². The van der Waals surface area contributed by atoms with Gasteiger partial charge >= 0.3 is 6.09 Å². The van der Waals surface area contributed by atoms with Gasteiger partial charge in [-0.25, -0.2) is 4.79 Å². The molecule has 6 atom stereocenters. The number of nitrogens with zero attached hydrogens (tertiary/aromatic N) is 1. The minimum Gasteiger partial charge on any atom is -0.445 e. The lowest BCUT2D eigenvalue weighted by atomic mass is 9.96. The molecule has 288 valence electrons. The van der Waals surface area contributed by atoms with Crippen LogP contribution in [0.15, 0.2) is 30.3 Å². The van der Waals surface area contributed by atoms with Crippen LogP contribution >= 0.6 is 7.37 Å². The second kappa shape index (κ2) is 21.2. The van der Waals surface area contributed by atoms with Crippen molar-refractivity contribution in [3.05, 3.63) is 35.9 Å².